The standard InChI is InChI=1S/C30H28O5/c1-22(2)30(31)35-29(23-11-5-3-6-12-23)21-34-28-18-17-27(25-15-9-10-16-26(25)28)33-20-19-32-24-13-7-4-8-14-24/h3-18,29H,1,19-21H2,2H3. The van der Waals surface area contributed by atoms with Gasteiger partial charge in [-0.25, -0.2) is 4.79 Å². The van der Waals surface area contributed by atoms with E-state index in [2.05, 4.69) is 6.58 Å². The lowest BCUT2D eigenvalue weighted by atomic mass is 10.1. The summed E-state index contributed by atoms with van der Waals surface area (Å²) in [6, 6.07) is 30.8. The Kier molecular flexibility index (Phi) is 8.02. The van der Waals surface area contributed by atoms with E-state index in [0.717, 1.165) is 27.8 Å². The molecule has 4 rings (SSSR count). The van der Waals surface area contributed by atoms with Crippen molar-refractivity contribution < 1.29 is 23.7 Å². The van der Waals surface area contributed by atoms with Crippen LogP contribution in [0.15, 0.2) is 109 Å². The minimum Gasteiger partial charge on any atom is -0.490 e. The first-order chi connectivity index (χ1) is 17.1. The van der Waals surface area contributed by atoms with Crippen molar-refractivity contribution in [2.45, 2.75) is 13.0 Å². The largest absolute Gasteiger partial charge is 0.490 e. The second-order valence-electron chi connectivity index (χ2n) is 8.01. The van der Waals surface area contributed by atoms with Crippen LogP contribution in [-0.2, 0) is 9.53 Å². The Morgan fingerprint density at radius 3 is 1.89 bits per heavy atom. The maximum Gasteiger partial charge on any atom is 0.333 e. The Labute approximate surface area is 205 Å². The molecule has 1 atom stereocenters. The highest BCUT2D eigenvalue weighted by Gasteiger charge is 2.19. The zero-order valence-corrected chi connectivity index (χ0v) is 19.7. The van der Waals surface area contributed by atoms with Gasteiger partial charge in [-0.3, -0.25) is 0 Å². The summed E-state index contributed by atoms with van der Waals surface area (Å²) in [7, 11) is 0. The van der Waals surface area contributed by atoms with E-state index in [9.17, 15) is 4.79 Å². The average Bonchev–Trinajstić information content (AvgIpc) is 2.90. The number of benzene rings is 4. The molecule has 0 fully saturated rings. The molecular weight excluding hydrogens is 440 g/mol. The summed E-state index contributed by atoms with van der Waals surface area (Å²) >= 11 is 0. The normalized spacial score (nSPS) is 11.5. The molecule has 0 amide bonds. The second kappa shape index (κ2) is 11.7. The smallest absolute Gasteiger partial charge is 0.333 e. The number of carbonyl (C=O) groups is 1. The van der Waals surface area contributed by atoms with E-state index in [1.807, 2.05) is 97.1 Å². The van der Waals surface area contributed by atoms with E-state index >= 15 is 0 Å². The van der Waals surface area contributed by atoms with Gasteiger partial charge in [-0.1, -0.05) is 79.4 Å². The highest BCUT2D eigenvalue weighted by molar-refractivity contribution is 5.93. The molecule has 0 radical (unpaired) electrons. The third-order valence-corrected chi connectivity index (χ3v) is 5.36. The number of ether oxygens (including phenoxy) is 4. The fraction of sp³-hybridized carbons (Fsp3) is 0.167. The highest BCUT2D eigenvalue weighted by Crippen LogP contribution is 2.34. The number of esters is 1. The number of hydrogen-bond donors (Lipinski definition) is 0. The lowest BCUT2D eigenvalue weighted by Gasteiger charge is -2.20. The highest BCUT2D eigenvalue weighted by atomic mass is 16.6. The number of fused-ring (bicyclic) bond motifs is 1. The van der Waals surface area contributed by atoms with Crippen LogP contribution in [0.25, 0.3) is 10.8 Å². The zero-order valence-electron chi connectivity index (χ0n) is 19.7. The summed E-state index contributed by atoms with van der Waals surface area (Å²) in [4.78, 5) is 12.2. The molecule has 0 saturated heterocycles. The number of para-hydroxylation sites is 1. The quantitative estimate of drug-likeness (QED) is 0.142. The maximum atomic E-state index is 12.2. The number of hydrogen-bond acceptors (Lipinski definition) is 5. The molecule has 0 bridgehead atoms. The SMILES string of the molecule is C=C(C)C(=O)OC(COc1ccc(OCCOc2ccccc2)c2ccccc12)c1ccccc1. The minimum absolute atomic E-state index is 0.165. The maximum absolute atomic E-state index is 12.2. The Hall–Kier alpha value is -4.25. The van der Waals surface area contributed by atoms with Crippen LogP contribution >= 0.6 is 0 Å². The molecule has 5 heteroatoms. The van der Waals surface area contributed by atoms with Crippen LogP contribution in [0, 0.1) is 0 Å². The van der Waals surface area contributed by atoms with E-state index in [0.29, 0.717) is 24.5 Å². The third kappa shape index (κ3) is 6.42. The molecule has 0 spiro atoms. The van der Waals surface area contributed by atoms with E-state index in [1.165, 1.54) is 0 Å². The average molecular weight is 469 g/mol. The first kappa shape index (κ1) is 23.9. The van der Waals surface area contributed by atoms with Gasteiger partial charge in [0.1, 0.15) is 37.1 Å². The fourth-order valence-electron chi connectivity index (χ4n) is 3.58. The van der Waals surface area contributed by atoms with E-state index in [1.54, 1.807) is 6.92 Å². The summed E-state index contributed by atoms with van der Waals surface area (Å²) in [6.07, 6.45) is -0.565. The summed E-state index contributed by atoms with van der Waals surface area (Å²) in [5.74, 6) is 1.79. The summed E-state index contributed by atoms with van der Waals surface area (Å²) in [6.45, 7) is 6.32. The van der Waals surface area contributed by atoms with Crippen molar-refractivity contribution in [3.8, 4) is 17.2 Å². The van der Waals surface area contributed by atoms with Gasteiger partial charge < -0.3 is 18.9 Å². The molecule has 5 nitrogen and oxygen atoms in total. The van der Waals surface area contributed by atoms with Crippen molar-refractivity contribution in [2.75, 3.05) is 19.8 Å². The molecule has 4 aromatic carbocycles. The van der Waals surface area contributed by atoms with Gasteiger partial charge in [-0.2, -0.15) is 0 Å². The molecule has 0 aliphatic carbocycles. The van der Waals surface area contributed by atoms with Gasteiger partial charge in [0.2, 0.25) is 0 Å². The van der Waals surface area contributed by atoms with E-state index < -0.39 is 12.1 Å². The van der Waals surface area contributed by atoms with Crippen LogP contribution in [0.1, 0.15) is 18.6 Å². The molecule has 0 saturated carbocycles. The Morgan fingerprint density at radius 2 is 1.26 bits per heavy atom. The van der Waals surface area contributed by atoms with E-state index in [4.69, 9.17) is 18.9 Å². The Morgan fingerprint density at radius 1 is 0.714 bits per heavy atom. The van der Waals surface area contributed by atoms with Crippen molar-refractivity contribution in [1.29, 1.82) is 0 Å². The van der Waals surface area contributed by atoms with Gasteiger partial charge in [0.25, 0.3) is 0 Å². The van der Waals surface area contributed by atoms with Crippen molar-refractivity contribution in [1.82, 2.24) is 0 Å². The minimum atomic E-state index is -0.565. The van der Waals surface area contributed by atoms with Crippen molar-refractivity contribution in [2.24, 2.45) is 0 Å². The number of carbonyl (C=O) groups excluding carboxylic acids is 1. The zero-order chi connectivity index (χ0) is 24.5. The van der Waals surface area contributed by atoms with Gasteiger partial charge in [0.05, 0.1) is 0 Å². The monoisotopic (exact) mass is 468 g/mol. The first-order valence-electron chi connectivity index (χ1n) is 11.5. The molecule has 0 aromatic heterocycles. The van der Waals surface area contributed by atoms with Gasteiger partial charge in [-0.05, 0) is 36.8 Å². The van der Waals surface area contributed by atoms with Crippen molar-refractivity contribution in [3.05, 3.63) is 115 Å². The third-order valence-electron chi connectivity index (χ3n) is 5.36. The topological polar surface area (TPSA) is 54.0 Å². The molecule has 4 aromatic rings. The summed E-state index contributed by atoms with van der Waals surface area (Å²) < 4.78 is 23.6. The van der Waals surface area contributed by atoms with Gasteiger partial charge in [-0.15, -0.1) is 0 Å². The Bertz CT molecular complexity index is 1270. The molecule has 0 heterocycles. The predicted molar refractivity (Wildman–Crippen MR) is 137 cm³/mol. The predicted octanol–water partition coefficient (Wildman–Crippen LogP) is 6.54. The van der Waals surface area contributed by atoms with Crippen molar-refractivity contribution in [3.63, 3.8) is 0 Å². The van der Waals surface area contributed by atoms with Gasteiger partial charge in [0, 0.05) is 16.3 Å². The van der Waals surface area contributed by atoms with Crippen LogP contribution in [0.4, 0.5) is 0 Å². The molecule has 178 valence electrons. The van der Waals surface area contributed by atoms with E-state index in [-0.39, 0.29) is 6.61 Å². The fourth-order valence-corrected chi connectivity index (χ4v) is 3.58. The van der Waals surface area contributed by atoms with Gasteiger partial charge in [0.15, 0.2) is 6.10 Å². The lowest BCUT2D eigenvalue weighted by Crippen LogP contribution is -2.18. The summed E-state index contributed by atoms with van der Waals surface area (Å²) in [5.41, 5.74) is 1.19. The Balaban J connectivity index is 1.46. The molecule has 35 heavy (non-hydrogen) atoms. The van der Waals surface area contributed by atoms with Crippen LogP contribution in [-0.4, -0.2) is 25.8 Å². The summed E-state index contributed by atoms with van der Waals surface area (Å²) in [5, 5.41) is 1.84. The lowest BCUT2D eigenvalue weighted by molar-refractivity contribution is -0.146. The first-order valence-corrected chi connectivity index (χ1v) is 11.5. The van der Waals surface area contributed by atoms with Crippen LogP contribution < -0.4 is 14.2 Å². The van der Waals surface area contributed by atoms with Crippen LogP contribution in [0.2, 0.25) is 0 Å². The molecule has 0 N–H and O–H groups in total. The second-order valence-corrected chi connectivity index (χ2v) is 8.01. The van der Waals surface area contributed by atoms with Crippen LogP contribution in [0.5, 0.6) is 17.2 Å². The molecule has 0 aliphatic heterocycles. The van der Waals surface area contributed by atoms with Crippen LogP contribution in [0.3, 0.4) is 0 Å². The van der Waals surface area contributed by atoms with Gasteiger partial charge >= 0.3 is 5.97 Å². The number of rotatable bonds is 11. The molecule has 0 aliphatic rings. The molecule has 1 unspecified atom stereocenters. The molecular formula is C30H28O5. The van der Waals surface area contributed by atoms with Crippen molar-refractivity contribution >= 4 is 16.7 Å².